The molecule has 0 spiro atoms. The standard InChI is InChI=1S/C11H13ClFNS/c12-10-4-3-8(13)6-11(10)14-9-2-1-5-15-7-9/h3-4,6,9,14H,1-2,5,7H2. The van der Waals surface area contributed by atoms with Crippen molar-refractivity contribution >= 4 is 29.1 Å². The zero-order valence-corrected chi connectivity index (χ0v) is 9.87. The number of benzene rings is 1. The second-order valence-corrected chi connectivity index (χ2v) is 5.24. The van der Waals surface area contributed by atoms with E-state index >= 15 is 0 Å². The van der Waals surface area contributed by atoms with Crippen LogP contribution in [0.3, 0.4) is 0 Å². The lowest BCUT2D eigenvalue weighted by Crippen LogP contribution is -2.25. The third kappa shape index (κ3) is 3.02. The minimum Gasteiger partial charge on any atom is -0.380 e. The molecule has 0 bridgehead atoms. The molecule has 1 aromatic rings. The fourth-order valence-corrected chi connectivity index (χ4v) is 2.93. The molecule has 0 radical (unpaired) electrons. The summed E-state index contributed by atoms with van der Waals surface area (Å²) < 4.78 is 13.0. The smallest absolute Gasteiger partial charge is 0.125 e. The van der Waals surface area contributed by atoms with E-state index < -0.39 is 0 Å². The van der Waals surface area contributed by atoms with Crippen LogP contribution in [0.15, 0.2) is 18.2 Å². The first-order valence-corrected chi connectivity index (χ1v) is 6.58. The lowest BCUT2D eigenvalue weighted by atomic mass is 10.1. The average molecular weight is 246 g/mol. The Morgan fingerprint density at radius 1 is 1.47 bits per heavy atom. The molecule has 1 heterocycles. The van der Waals surface area contributed by atoms with E-state index in [1.54, 1.807) is 6.07 Å². The summed E-state index contributed by atoms with van der Waals surface area (Å²) in [4.78, 5) is 0. The predicted molar refractivity (Wildman–Crippen MR) is 65.4 cm³/mol. The SMILES string of the molecule is Fc1ccc(Cl)c(NC2CCCSC2)c1. The highest BCUT2D eigenvalue weighted by atomic mass is 35.5. The first-order chi connectivity index (χ1) is 7.25. The van der Waals surface area contributed by atoms with Gasteiger partial charge in [0.1, 0.15) is 5.82 Å². The van der Waals surface area contributed by atoms with Crippen LogP contribution in [0, 0.1) is 5.82 Å². The Hall–Kier alpha value is -0.410. The zero-order valence-electron chi connectivity index (χ0n) is 8.30. The first-order valence-electron chi connectivity index (χ1n) is 5.05. The number of hydrogen-bond donors (Lipinski definition) is 1. The summed E-state index contributed by atoms with van der Waals surface area (Å²) in [6.07, 6.45) is 2.36. The van der Waals surface area contributed by atoms with E-state index in [9.17, 15) is 4.39 Å². The number of hydrogen-bond acceptors (Lipinski definition) is 2. The van der Waals surface area contributed by atoms with Crippen LogP contribution in [-0.4, -0.2) is 17.5 Å². The largest absolute Gasteiger partial charge is 0.380 e. The van der Waals surface area contributed by atoms with Crippen LogP contribution in [0.1, 0.15) is 12.8 Å². The summed E-state index contributed by atoms with van der Waals surface area (Å²) in [7, 11) is 0. The number of nitrogens with one attached hydrogen (secondary N) is 1. The fourth-order valence-electron chi connectivity index (χ4n) is 1.68. The van der Waals surface area contributed by atoms with Crippen molar-refractivity contribution in [2.75, 3.05) is 16.8 Å². The Morgan fingerprint density at radius 2 is 2.33 bits per heavy atom. The molecule has 1 aliphatic rings. The molecule has 1 saturated heterocycles. The first kappa shape index (κ1) is 11.1. The minimum absolute atomic E-state index is 0.245. The molecule has 1 fully saturated rings. The summed E-state index contributed by atoms with van der Waals surface area (Å²) in [5.74, 6) is 2.06. The van der Waals surface area contributed by atoms with Gasteiger partial charge in [-0.25, -0.2) is 4.39 Å². The van der Waals surface area contributed by atoms with Crippen molar-refractivity contribution in [3.63, 3.8) is 0 Å². The molecule has 0 aliphatic carbocycles. The van der Waals surface area contributed by atoms with Crippen molar-refractivity contribution in [2.45, 2.75) is 18.9 Å². The maximum Gasteiger partial charge on any atom is 0.125 e. The van der Waals surface area contributed by atoms with Gasteiger partial charge in [0.2, 0.25) is 0 Å². The number of rotatable bonds is 2. The second kappa shape index (κ2) is 5.08. The number of anilines is 1. The van der Waals surface area contributed by atoms with E-state index in [0.29, 0.717) is 16.8 Å². The van der Waals surface area contributed by atoms with Crippen LogP contribution in [0.2, 0.25) is 5.02 Å². The highest BCUT2D eigenvalue weighted by molar-refractivity contribution is 7.99. The molecule has 1 aromatic carbocycles. The van der Waals surface area contributed by atoms with Crippen molar-refractivity contribution < 1.29 is 4.39 Å². The van der Waals surface area contributed by atoms with Gasteiger partial charge in [-0.1, -0.05) is 11.6 Å². The van der Waals surface area contributed by atoms with Crippen molar-refractivity contribution in [3.8, 4) is 0 Å². The summed E-state index contributed by atoms with van der Waals surface area (Å²) in [5, 5.41) is 3.89. The van der Waals surface area contributed by atoms with E-state index in [0.717, 1.165) is 12.2 Å². The van der Waals surface area contributed by atoms with Crippen molar-refractivity contribution in [1.82, 2.24) is 0 Å². The maximum absolute atomic E-state index is 13.0. The molecule has 1 aliphatic heterocycles. The molecule has 0 saturated carbocycles. The molecule has 1 unspecified atom stereocenters. The van der Waals surface area contributed by atoms with E-state index in [4.69, 9.17) is 11.6 Å². The molecule has 0 aromatic heterocycles. The van der Waals surface area contributed by atoms with Gasteiger partial charge in [0.05, 0.1) is 10.7 Å². The average Bonchev–Trinajstić information content (AvgIpc) is 2.25. The Morgan fingerprint density at radius 3 is 3.07 bits per heavy atom. The summed E-state index contributed by atoms with van der Waals surface area (Å²) in [6.45, 7) is 0. The van der Waals surface area contributed by atoms with Gasteiger partial charge in [-0.05, 0) is 36.8 Å². The highest BCUT2D eigenvalue weighted by Crippen LogP contribution is 2.26. The van der Waals surface area contributed by atoms with E-state index in [1.807, 2.05) is 11.8 Å². The lowest BCUT2D eigenvalue weighted by Gasteiger charge is -2.24. The van der Waals surface area contributed by atoms with Gasteiger partial charge >= 0.3 is 0 Å². The van der Waals surface area contributed by atoms with Crippen molar-refractivity contribution in [3.05, 3.63) is 29.0 Å². The Kier molecular flexibility index (Phi) is 3.76. The summed E-state index contributed by atoms with van der Waals surface area (Å²) in [6, 6.07) is 4.85. The third-order valence-corrected chi connectivity index (χ3v) is 3.99. The summed E-state index contributed by atoms with van der Waals surface area (Å²) in [5.41, 5.74) is 0.712. The molecule has 4 heteroatoms. The summed E-state index contributed by atoms with van der Waals surface area (Å²) >= 11 is 7.91. The third-order valence-electron chi connectivity index (χ3n) is 2.45. The van der Waals surface area contributed by atoms with Gasteiger partial charge < -0.3 is 5.32 Å². The maximum atomic E-state index is 13.0. The van der Waals surface area contributed by atoms with Crippen LogP contribution < -0.4 is 5.32 Å². The molecular formula is C11H13ClFNS. The van der Waals surface area contributed by atoms with Gasteiger partial charge in [-0.15, -0.1) is 0 Å². The van der Waals surface area contributed by atoms with E-state index in [2.05, 4.69) is 5.32 Å². The van der Waals surface area contributed by atoms with Gasteiger partial charge in [0.15, 0.2) is 0 Å². The van der Waals surface area contributed by atoms with Gasteiger partial charge in [-0.2, -0.15) is 11.8 Å². The van der Waals surface area contributed by atoms with Gasteiger partial charge in [-0.3, -0.25) is 0 Å². The Balaban J connectivity index is 2.05. The van der Waals surface area contributed by atoms with Gasteiger partial charge in [0.25, 0.3) is 0 Å². The molecule has 0 amide bonds. The number of halogens is 2. The van der Waals surface area contributed by atoms with Gasteiger partial charge in [0, 0.05) is 11.8 Å². The molecule has 1 N–H and O–H groups in total. The molecule has 1 nitrogen and oxygen atoms in total. The quantitative estimate of drug-likeness (QED) is 0.851. The van der Waals surface area contributed by atoms with Crippen LogP contribution >= 0.6 is 23.4 Å². The lowest BCUT2D eigenvalue weighted by molar-refractivity contribution is 0.626. The molecule has 1 atom stereocenters. The van der Waals surface area contributed by atoms with Crippen LogP contribution in [0.25, 0.3) is 0 Å². The second-order valence-electron chi connectivity index (χ2n) is 3.68. The van der Waals surface area contributed by atoms with Crippen molar-refractivity contribution in [2.24, 2.45) is 0 Å². The van der Waals surface area contributed by atoms with E-state index in [1.165, 1.54) is 24.3 Å². The molecular weight excluding hydrogens is 233 g/mol. The Bertz CT molecular complexity index is 339. The topological polar surface area (TPSA) is 12.0 Å². The van der Waals surface area contributed by atoms with Crippen molar-refractivity contribution in [1.29, 1.82) is 0 Å². The minimum atomic E-state index is -0.245. The van der Waals surface area contributed by atoms with E-state index in [-0.39, 0.29) is 5.82 Å². The monoisotopic (exact) mass is 245 g/mol. The molecule has 15 heavy (non-hydrogen) atoms. The normalized spacial score (nSPS) is 21.3. The highest BCUT2D eigenvalue weighted by Gasteiger charge is 2.14. The fraction of sp³-hybridized carbons (Fsp3) is 0.455. The molecule has 82 valence electrons. The Labute approximate surface area is 98.4 Å². The van der Waals surface area contributed by atoms with Crippen LogP contribution in [0.5, 0.6) is 0 Å². The predicted octanol–water partition coefficient (Wildman–Crippen LogP) is 3.79. The van der Waals surface area contributed by atoms with Crippen LogP contribution in [0.4, 0.5) is 10.1 Å². The zero-order chi connectivity index (χ0) is 10.7. The molecule has 2 rings (SSSR count). The number of thioether (sulfide) groups is 1. The van der Waals surface area contributed by atoms with Crippen LogP contribution in [-0.2, 0) is 0 Å².